The van der Waals surface area contributed by atoms with Gasteiger partial charge in [0.1, 0.15) is 73.2 Å². The Balaban J connectivity index is 1.72. The molecule has 34 heavy (non-hydrogen) atoms. The van der Waals surface area contributed by atoms with Gasteiger partial charge in [0.05, 0.1) is 19.8 Å². The highest BCUT2D eigenvalue weighted by Gasteiger charge is 2.51. The van der Waals surface area contributed by atoms with Crippen LogP contribution in [-0.4, -0.2) is 168 Å². The van der Waals surface area contributed by atoms with Gasteiger partial charge >= 0.3 is 0 Å². The summed E-state index contributed by atoms with van der Waals surface area (Å²) in [6.45, 7) is -2.08. The molecule has 3 fully saturated rings. The molecule has 3 heterocycles. The lowest BCUT2D eigenvalue weighted by atomic mass is 9.97. The van der Waals surface area contributed by atoms with Gasteiger partial charge in [0, 0.05) is 0 Å². The molecule has 0 amide bonds. The highest BCUT2D eigenvalue weighted by Crippen LogP contribution is 2.30. The van der Waals surface area contributed by atoms with Crippen molar-refractivity contribution in [3.63, 3.8) is 0 Å². The van der Waals surface area contributed by atoms with Crippen molar-refractivity contribution in [2.45, 2.75) is 92.1 Å². The van der Waals surface area contributed by atoms with Crippen molar-refractivity contribution in [1.82, 2.24) is 0 Å². The van der Waals surface area contributed by atoms with Crippen LogP contribution in [0, 0.1) is 0 Å². The first-order chi connectivity index (χ1) is 16.0. The van der Waals surface area contributed by atoms with Crippen molar-refractivity contribution >= 4 is 0 Å². The summed E-state index contributed by atoms with van der Waals surface area (Å²) in [4.78, 5) is 0. The van der Waals surface area contributed by atoms with Crippen LogP contribution in [0.1, 0.15) is 0 Å². The fourth-order valence-corrected chi connectivity index (χ4v) is 3.95. The molecule has 3 saturated heterocycles. The Labute approximate surface area is 192 Å². The minimum Gasteiger partial charge on any atom is -0.394 e. The highest BCUT2D eigenvalue weighted by atomic mass is 16.7. The second-order valence-electron chi connectivity index (χ2n) is 8.37. The van der Waals surface area contributed by atoms with E-state index >= 15 is 0 Å². The first kappa shape index (κ1) is 27.9. The molecule has 0 aromatic carbocycles. The Morgan fingerprint density at radius 3 is 1.53 bits per heavy atom. The van der Waals surface area contributed by atoms with Gasteiger partial charge in [-0.15, -0.1) is 0 Å². The molecule has 200 valence electrons. The summed E-state index contributed by atoms with van der Waals surface area (Å²) in [5, 5.41) is 109. The summed E-state index contributed by atoms with van der Waals surface area (Å²) in [7, 11) is 0. The number of ether oxygens (including phenoxy) is 5. The van der Waals surface area contributed by atoms with Crippen molar-refractivity contribution in [3.05, 3.63) is 0 Å². The molecule has 0 saturated carbocycles. The van der Waals surface area contributed by atoms with Crippen LogP contribution in [0.25, 0.3) is 0 Å². The molecule has 0 radical (unpaired) electrons. The van der Waals surface area contributed by atoms with E-state index in [9.17, 15) is 56.2 Å². The second kappa shape index (κ2) is 11.6. The van der Waals surface area contributed by atoms with E-state index in [1.807, 2.05) is 0 Å². The lowest BCUT2D eigenvalue weighted by Gasteiger charge is -2.46. The molecule has 0 aromatic rings. The van der Waals surface area contributed by atoms with Gasteiger partial charge in [-0.2, -0.15) is 0 Å². The first-order valence-corrected chi connectivity index (χ1v) is 10.6. The van der Waals surface area contributed by atoms with Crippen LogP contribution in [0.4, 0.5) is 0 Å². The van der Waals surface area contributed by atoms with E-state index in [4.69, 9.17) is 23.7 Å². The van der Waals surface area contributed by atoms with Crippen LogP contribution in [0.2, 0.25) is 0 Å². The predicted octanol–water partition coefficient (Wildman–Crippen LogP) is -7.57. The summed E-state index contributed by atoms with van der Waals surface area (Å²) in [6.07, 6.45) is -25.0. The smallest absolute Gasteiger partial charge is 0.187 e. The number of aliphatic hydroxyl groups excluding tert-OH is 11. The van der Waals surface area contributed by atoms with E-state index < -0.39 is 112 Å². The second-order valence-corrected chi connectivity index (χ2v) is 8.37. The lowest BCUT2D eigenvalue weighted by Crippen LogP contribution is -2.65. The summed E-state index contributed by atoms with van der Waals surface area (Å²) in [5.74, 6) is 0. The van der Waals surface area contributed by atoms with Crippen LogP contribution in [0.3, 0.4) is 0 Å². The quantitative estimate of drug-likeness (QED) is 0.154. The van der Waals surface area contributed by atoms with Crippen LogP contribution in [0.5, 0.6) is 0 Å². The third-order valence-electron chi connectivity index (χ3n) is 6.07. The Morgan fingerprint density at radius 2 is 1.00 bits per heavy atom. The van der Waals surface area contributed by atoms with Crippen LogP contribution < -0.4 is 0 Å². The third kappa shape index (κ3) is 5.52. The predicted molar refractivity (Wildman–Crippen MR) is 101 cm³/mol. The summed E-state index contributed by atoms with van der Waals surface area (Å²) in [6, 6.07) is 0. The standard InChI is InChI=1S/C18H32O16/c19-1-4-7(21)9(23)13(27)17(32-4)30-3-6-15(11(25)12(26)16(29)31-6)34-18-14(28)10(24)8(22)5(2-20)33-18/h4-29H,1-3H2/t4-,5-,6-,7+,8-,9+,10+,11-,12+,13-,14-,15-,16-,17+,18+/m1/s1. The maximum atomic E-state index is 10.4. The van der Waals surface area contributed by atoms with Crippen LogP contribution in [-0.2, 0) is 23.7 Å². The zero-order chi connectivity index (χ0) is 25.3. The van der Waals surface area contributed by atoms with E-state index in [2.05, 4.69) is 0 Å². The first-order valence-electron chi connectivity index (χ1n) is 10.6. The van der Waals surface area contributed by atoms with Crippen LogP contribution in [0.15, 0.2) is 0 Å². The van der Waals surface area contributed by atoms with E-state index in [1.54, 1.807) is 0 Å². The molecule has 15 atom stereocenters. The Bertz CT molecular complexity index is 637. The van der Waals surface area contributed by atoms with Crippen molar-refractivity contribution in [3.8, 4) is 0 Å². The van der Waals surface area contributed by atoms with Gasteiger partial charge in [0.25, 0.3) is 0 Å². The minimum absolute atomic E-state index is 0.619. The van der Waals surface area contributed by atoms with Gasteiger partial charge in [-0.25, -0.2) is 0 Å². The fraction of sp³-hybridized carbons (Fsp3) is 1.00. The van der Waals surface area contributed by atoms with Crippen molar-refractivity contribution < 1.29 is 79.9 Å². The molecule has 0 spiro atoms. The number of hydrogen-bond acceptors (Lipinski definition) is 16. The lowest BCUT2D eigenvalue weighted by molar-refractivity contribution is -0.363. The molecule has 16 nitrogen and oxygen atoms in total. The van der Waals surface area contributed by atoms with E-state index in [0.29, 0.717) is 0 Å². The van der Waals surface area contributed by atoms with Gasteiger partial charge in [-0.1, -0.05) is 0 Å². The highest BCUT2D eigenvalue weighted by molar-refractivity contribution is 4.94. The average Bonchev–Trinajstić information content (AvgIpc) is 2.82. The largest absolute Gasteiger partial charge is 0.394 e. The Morgan fingerprint density at radius 1 is 0.500 bits per heavy atom. The molecular formula is C18H32O16. The molecular weight excluding hydrogens is 472 g/mol. The molecule has 16 heteroatoms. The van der Waals surface area contributed by atoms with Gasteiger partial charge in [-0.05, 0) is 0 Å². The fourth-order valence-electron chi connectivity index (χ4n) is 3.95. The molecule has 0 aromatic heterocycles. The average molecular weight is 504 g/mol. The zero-order valence-corrected chi connectivity index (χ0v) is 17.7. The van der Waals surface area contributed by atoms with Crippen molar-refractivity contribution in [1.29, 1.82) is 0 Å². The van der Waals surface area contributed by atoms with E-state index in [1.165, 1.54) is 0 Å². The van der Waals surface area contributed by atoms with Gasteiger partial charge in [-0.3, -0.25) is 0 Å². The zero-order valence-electron chi connectivity index (χ0n) is 17.7. The maximum absolute atomic E-state index is 10.4. The topological polar surface area (TPSA) is 269 Å². The number of aliphatic hydroxyl groups is 11. The van der Waals surface area contributed by atoms with Gasteiger partial charge < -0.3 is 79.9 Å². The molecule has 11 N–H and O–H groups in total. The summed E-state index contributed by atoms with van der Waals surface area (Å²) >= 11 is 0. The molecule has 3 rings (SSSR count). The number of rotatable bonds is 7. The molecule has 0 bridgehead atoms. The Kier molecular flexibility index (Phi) is 9.54. The molecule has 0 unspecified atom stereocenters. The van der Waals surface area contributed by atoms with Gasteiger partial charge in [0.2, 0.25) is 0 Å². The normalized spacial score (nSPS) is 52.5. The van der Waals surface area contributed by atoms with E-state index in [0.717, 1.165) is 0 Å². The summed E-state index contributed by atoms with van der Waals surface area (Å²) in [5.41, 5.74) is 0. The number of hydrogen-bond donors (Lipinski definition) is 11. The van der Waals surface area contributed by atoms with E-state index in [-0.39, 0.29) is 0 Å². The van der Waals surface area contributed by atoms with Crippen molar-refractivity contribution in [2.24, 2.45) is 0 Å². The van der Waals surface area contributed by atoms with Gasteiger partial charge in [0.15, 0.2) is 18.9 Å². The van der Waals surface area contributed by atoms with Crippen molar-refractivity contribution in [2.75, 3.05) is 19.8 Å². The molecule has 3 aliphatic heterocycles. The monoisotopic (exact) mass is 504 g/mol. The SMILES string of the molecule is OC[C@H]1O[C@H](OC[C@H]2O[C@@H](O)[C@@H](O)[C@@H](O)[C@@H]2O[C@@H]2O[C@H](CO)[C@@H](O)[C@H](O)[C@H]2O)[C@H](O)[C@@H](O)[C@H]1O. The third-order valence-corrected chi connectivity index (χ3v) is 6.07. The maximum Gasteiger partial charge on any atom is 0.187 e. The molecule has 0 aliphatic carbocycles. The molecule has 3 aliphatic rings. The summed E-state index contributed by atoms with van der Waals surface area (Å²) < 4.78 is 26.4. The minimum atomic E-state index is -1.91. The Hall–Kier alpha value is -0.640. The van der Waals surface area contributed by atoms with Crippen LogP contribution >= 0.6 is 0 Å².